The lowest BCUT2D eigenvalue weighted by Crippen LogP contribution is -2.36. The zero-order valence-electron chi connectivity index (χ0n) is 21.0. The number of benzene rings is 1. The number of carbonyl (C=O) groups is 1. The van der Waals surface area contributed by atoms with E-state index in [9.17, 15) is 9.90 Å². The van der Waals surface area contributed by atoms with Gasteiger partial charge in [-0.2, -0.15) is 9.78 Å². The number of hydrogen-bond donors (Lipinski definition) is 1. The molecule has 0 spiro atoms. The second kappa shape index (κ2) is 9.58. The van der Waals surface area contributed by atoms with Crippen LogP contribution in [-0.4, -0.2) is 71.2 Å². The lowest BCUT2D eigenvalue weighted by molar-refractivity contribution is 0.0691. The molecule has 1 fully saturated rings. The smallest absolute Gasteiger partial charge is 0.354 e. The number of nitrogens with zero attached hydrogens (tertiary/aromatic N) is 6. The van der Waals surface area contributed by atoms with Crippen LogP contribution >= 0.6 is 0 Å². The molecule has 9 heteroatoms. The van der Waals surface area contributed by atoms with E-state index in [4.69, 9.17) is 14.8 Å². The summed E-state index contributed by atoms with van der Waals surface area (Å²) in [6, 6.07) is 15.6. The van der Waals surface area contributed by atoms with Crippen molar-refractivity contribution in [1.82, 2.24) is 19.7 Å². The van der Waals surface area contributed by atoms with Gasteiger partial charge >= 0.3 is 5.97 Å². The van der Waals surface area contributed by atoms with Gasteiger partial charge in [-0.3, -0.25) is 0 Å². The van der Waals surface area contributed by atoms with Crippen LogP contribution in [0.15, 0.2) is 48.5 Å². The molecule has 0 atom stereocenters. The van der Waals surface area contributed by atoms with Crippen molar-refractivity contribution in [3.05, 3.63) is 59.9 Å². The van der Waals surface area contributed by atoms with Gasteiger partial charge in [-0.05, 0) is 47.4 Å². The average Bonchev–Trinajstić information content (AvgIpc) is 3.29. The van der Waals surface area contributed by atoms with Crippen molar-refractivity contribution in [2.24, 2.45) is 0 Å². The first-order valence-electron chi connectivity index (χ1n) is 12.1. The third-order valence-corrected chi connectivity index (χ3v) is 6.38. The zero-order chi connectivity index (χ0) is 25.4. The molecule has 1 saturated heterocycles. The second-order valence-corrected chi connectivity index (χ2v) is 9.41. The van der Waals surface area contributed by atoms with Crippen LogP contribution in [0, 0.1) is 0 Å². The van der Waals surface area contributed by atoms with E-state index >= 15 is 0 Å². The molecule has 1 N–H and O–H groups in total. The molecule has 0 aliphatic carbocycles. The van der Waals surface area contributed by atoms with Crippen LogP contribution in [0.2, 0.25) is 0 Å². The number of hydrogen-bond acceptors (Lipinski definition) is 7. The molecule has 4 heterocycles. The van der Waals surface area contributed by atoms with Gasteiger partial charge in [-0.25, -0.2) is 14.8 Å². The fourth-order valence-electron chi connectivity index (χ4n) is 4.50. The molecule has 0 unspecified atom stereocenters. The topological polar surface area (TPSA) is 96.6 Å². The van der Waals surface area contributed by atoms with Crippen molar-refractivity contribution in [3.63, 3.8) is 0 Å². The SMILES string of the molecule is CC(C)c1nn(-c2cccc(N(C)C)n2)c2nc(C(=O)O)cc(-c3ccc(N4CCOCC4)cc3)c12. The average molecular weight is 487 g/mol. The summed E-state index contributed by atoms with van der Waals surface area (Å²) in [6.07, 6.45) is 0. The Hall–Kier alpha value is -3.98. The maximum atomic E-state index is 12.1. The molecule has 36 heavy (non-hydrogen) atoms. The summed E-state index contributed by atoms with van der Waals surface area (Å²) < 4.78 is 7.13. The number of aromatic nitrogens is 4. The van der Waals surface area contributed by atoms with Crippen molar-refractivity contribution in [1.29, 1.82) is 0 Å². The van der Waals surface area contributed by atoms with Crippen molar-refractivity contribution in [2.75, 3.05) is 50.2 Å². The predicted octanol–water partition coefficient (Wildman–Crippen LogP) is 4.21. The fourth-order valence-corrected chi connectivity index (χ4v) is 4.50. The van der Waals surface area contributed by atoms with Crippen molar-refractivity contribution < 1.29 is 14.6 Å². The van der Waals surface area contributed by atoms with E-state index in [1.165, 1.54) is 0 Å². The van der Waals surface area contributed by atoms with Crippen molar-refractivity contribution >= 4 is 28.5 Å². The minimum Gasteiger partial charge on any atom is -0.477 e. The summed E-state index contributed by atoms with van der Waals surface area (Å²) in [6.45, 7) is 7.29. The molecular weight excluding hydrogens is 456 g/mol. The Morgan fingerprint density at radius 3 is 2.42 bits per heavy atom. The van der Waals surface area contributed by atoms with Gasteiger partial charge < -0.3 is 19.6 Å². The number of carboxylic acid groups (broad SMARTS) is 1. The first-order valence-corrected chi connectivity index (χ1v) is 12.1. The van der Waals surface area contributed by atoms with Crippen LogP contribution in [0.1, 0.15) is 35.9 Å². The standard InChI is InChI=1S/C27H30N6O3/c1-17(2)25-24-20(18-8-10-19(11-9-18)32-12-14-36-15-13-32)16-21(27(34)35)28-26(24)33(30-25)23-7-5-6-22(29-23)31(3)4/h5-11,16-17H,12-15H2,1-4H3,(H,34,35). The lowest BCUT2D eigenvalue weighted by Gasteiger charge is -2.29. The second-order valence-electron chi connectivity index (χ2n) is 9.41. The van der Waals surface area contributed by atoms with Gasteiger partial charge in [0.1, 0.15) is 5.82 Å². The molecule has 0 radical (unpaired) electrons. The molecule has 1 aliphatic heterocycles. The quantitative estimate of drug-likeness (QED) is 0.433. The number of rotatable bonds is 6. The Balaban J connectivity index is 1.71. The van der Waals surface area contributed by atoms with Crippen LogP contribution < -0.4 is 9.80 Å². The van der Waals surface area contributed by atoms with Crippen molar-refractivity contribution in [3.8, 4) is 16.9 Å². The van der Waals surface area contributed by atoms with E-state index in [-0.39, 0.29) is 11.6 Å². The highest BCUT2D eigenvalue weighted by Gasteiger charge is 2.23. The Morgan fingerprint density at radius 1 is 1.06 bits per heavy atom. The zero-order valence-corrected chi connectivity index (χ0v) is 21.0. The molecule has 3 aromatic heterocycles. The molecule has 1 aromatic carbocycles. The third-order valence-electron chi connectivity index (χ3n) is 6.38. The van der Waals surface area contributed by atoms with Crippen LogP contribution in [-0.2, 0) is 4.74 Å². The highest BCUT2D eigenvalue weighted by Crippen LogP contribution is 2.36. The summed E-state index contributed by atoms with van der Waals surface area (Å²) in [5, 5.41) is 15.6. The van der Waals surface area contributed by atoms with E-state index in [0.29, 0.717) is 24.7 Å². The Morgan fingerprint density at radius 2 is 1.78 bits per heavy atom. The number of fused-ring (bicyclic) bond motifs is 1. The summed E-state index contributed by atoms with van der Waals surface area (Å²) in [7, 11) is 3.85. The van der Waals surface area contributed by atoms with E-state index in [2.05, 4.69) is 35.9 Å². The van der Waals surface area contributed by atoms with Crippen LogP contribution in [0.25, 0.3) is 28.0 Å². The Kier molecular flexibility index (Phi) is 6.32. The molecule has 1 aliphatic rings. The van der Waals surface area contributed by atoms with Crippen LogP contribution in [0.4, 0.5) is 11.5 Å². The molecule has 0 amide bonds. The molecule has 0 bridgehead atoms. The summed E-state index contributed by atoms with van der Waals surface area (Å²) >= 11 is 0. The van der Waals surface area contributed by atoms with E-state index in [0.717, 1.165) is 46.8 Å². The summed E-state index contributed by atoms with van der Waals surface area (Å²) in [4.78, 5) is 25.6. The molecule has 186 valence electrons. The van der Waals surface area contributed by atoms with E-state index in [1.54, 1.807) is 10.7 Å². The maximum absolute atomic E-state index is 12.1. The van der Waals surface area contributed by atoms with Crippen LogP contribution in [0.5, 0.6) is 0 Å². The highest BCUT2D eigenvalue weighted by molar-refractivity contribution is 6.00. The van der Waals surface area contributed by atoms with E-state index < -0.39 is 5.97 Å². The number of aromatic carboxylic acids is 1. The predicted molar refractivity (Wildman–Crippen MR) is 141 cm³/mol. The monoisotopic (exact) mass is 486 g/mol. The number of pyridine rings is 2. The lowest BCUT2D eigenvalue weighted by atomic mass is 9.97. The Bertz CT molecular complexity index is 1410. The first kappa shape index (κ1) is 23.7. The Labute approximate surface area is 210 Å². The third kappa shape index (κ3) is 4.37. The van der Waals surface area contributed by atoms with Gasteiger partial charge in [0, 0.05) is 32.9 Å². The summed E-state index contributed by atoms with van der Waals surface area (Å²) in [5.74, 6) is 0.365. The van der Waals surface area contributed by atoms with Gasteiger partial charge in [0.15, 0.2) is 17.2 Å². The van der Waals surface area contributed by atoms with Gasteiger partial charge in [-0.1, -0.05) is 32.0 Å². The fraction of sp³-hybridized carbons (Fsp3) is 0.333. The van der Waals surface area contributed by atoms with Gasteiger partial charge in [-0.15, -0.1) is 0 Å². The minimum atomic E-state index is -1.09. The normalized spacial score (nSPS) is 14.0. The molecule has 9 nitrogen and oxygen atoms in total. The van der Waals surface area contributed by atoms with Crippen molar-refractivity contribution in [2.45, 2.75) is 19.8 Å². The number of carboxylic acids is 1. The summed E-state index contributed by atoms with van der Waals surface area (Å²) in [5.41, 5.74) is 4.13. The molecule has 0 saturated carbocycles. The maximum Gasteiger partial charge on any atom is 0.354 e. The van der Waals surface area contributed by atoms with Gasteiger partial charge in [0.05, 0.1) is 24.3 Å². The number of anilines is 2. The molecule has 5 rings (SSSR count). The first-order chi connectivity index (χ1) is 17.3. The largest absolute Gasteiger partial charge is 0.477 e. The van der Waals surface area contributed by atoms with Crippen LogP contribution in [0.3, 0.4) is 0 Å². The van der Waals surface area contributed by atoms with Gasteiger partial charge in [0.25, 0.3) is 0 Å². The minimum absolute atomic E-state index is 0.0324. The molecular formula is C27H30N6O3. The molecule has 4 aromatic rings. The van der Waals surface area contributed by atoms with Gasteiger partial charge in [0.2, 0.25) is 0 Å². The number of morpholine rings is 1. The highest BCUT2D eigenvalue weighted by atomic mass is 16.5. The van der Waals surface area contributed by atoms with E-state index in [1.807, 2.05) is 49.3 Å². The number of ether oxygens (including phenoxy) is 1.